The van der Waals surface area contributed by atoms with Gasteiger partial charge in [0.25, 0.3) is 0 Å². The molecule has 31 heavy (non-hydrogen) atoms. The number of benzene rings is 2. The molecule has 0 spiro atoms. The lowest BCUT2D eigenvalue weighted by Gasteiger charge is -2.11. The fraction of sp³-hybridized carbons (Fsp3) is 0.0909. The minimum Gasteiger partial charge on any atom is -0.493 e. The van der Waals surface area contributed by atoms with Crippen molar-refractivity contribution in [1.82, 2.24) is 20.2 Å². The van der Waals surface area contributed by atoms with Gasteiger partial charge in [0.2, 0.25) is 5.82 Å². The quantitative estimate of drug-likeness (QED) is 0.422. The Bertz CT molecular complexity index is 1200. The standard InChI is InChI=1S/C22H19N4O4P/c27-31(28,29)15-14-30-18-11-9-17(10-12-18)20-21(16-6-2-1-3-7-16)25-26-22(24-20)19-8-4-5-13-23-19/h1-13H,14-15H2,(H2,27,28,29). The predicted molar refractivity (Wildman–Crippen MR) is 116 cm³/mol. The molecule has 0 saturated carbocycles. The molecule has 0 aliphatic heterocycles. The smallest absolute Gasteiger partial charge is 0.328 e. The van der Waals surface area contributed by atoms with Crippen LogP contribution in [0, 0.1) is 0 Å². The number of hydrogen-bond donors (Lipinski definition) is 2. The van der Waals surface area contributed by atoms with E-state index in [-0.39, 0.29) is 12.8 Å². The maximum Gasteiger partial charge on any atom is 0.328 e. The summed E-state index contributed by atoms with van der Waals surface area (Å²) < 4.78 is 16.4. The number of ether oxygens (including phenoxy) is 1. The first-order valence-electron chi connectivity index (χ1n) is 9.49. The summed E-state index contributed by atoms with van der Waals surface area (Å²) in [4.78, 5) is 26.9. The van der Waals surface area contributed by atoms with E-state index >= 15 is 0 Å². The summed E-state index contributed by atoms with van der Waals surface area (Å²) in [6.07, 6.45) is 1.34. The molecular weight excluding hydrogens is 415 g/mol. The van der Waals surface area contributed by atoms with Crippen molar-refractivity contribution < 1.29 is 19.1 Å². The van der Waals surface area contributed by atoms with Gasteiger partial charge in [0.05, 0.1) is 12.8 Å². The molecule has 0 amide bonds. The number of aromatic nitrogens is 4. The molecule has 9 heteroatoms. The van der Waals surface area contributed by atoms with E-state index in [1.807, 2.05) is 60.7 Å². The summed E-state index contributed by atoms with van der Waals surface area (Å²) in [7, 11) is -4.09. The van der Waals surface area contributed by atoms with Crippen LogP contribution >= 0.6 is 7.60 Å². The molecule has 2 aromatic heterocycles. The van der Waals surface area contributed by atoms with Crippen LogP contribution in [0.2, 0.25) is 0 Å². The Morgan fingerprint density at radius 2 is 1.52 bits per heavy atom. The normalized spacial score (nSPS) is 11.3. The highest BCUT2D eigenvalue weighted by atomic mass is 31.2. The maximum absolute atomic E-state index is 11.0. The molecule has 0 fully saturated rings. The molecule has 4 aromatic rings. The average Bonchev–Trinajstić information content (AvgIpc) is 2.79. The zero-order valence-electron chi connectivity index (χ0n) is 16.4. The van der Waals surface area contributed by atoms with Crippen LogP contribution in [0.4, 0.5) is 0 Å². The Hall–Kier alpha value is -3.45. The molecule has 8 nitrogen and oxygen atoms in total. The summed E-state index contributed by atoms with van der Waals surface area (Å²) in [6.45, 7) is -0.0716. The molecule has 2 N–H and O–H groups in total. The summed E-state index contributed by atoms with van der Waals surface area (Å²) in [5, 5.41) is 8.70. The second-order valence-corrected chi connectivity index (χ2v) is 8.45. The molecule has 2 aromatic carbocycles. The molecule has 0 saturated heterocycles. The van der Waals surface area contributed by atoms with Gasteiger partial charge >= 0.3 is 7.60 Å². The minimum absolute atomic E-state index is 0.0716. The van der Waals surface area contributed by atoms with Gasteiger partial charge in [-0.05, 0) is 36.4 Å². The van der Waals surface area contributed by atoms with E-state index in [9.17, 15) is 4.57 Å². The van der Waals surface area contributed by atoms with Crippen molar-refractivity contribution in [2.75, 3.05) is 12.8 Å². The topological polar surface area (TPSA) is 118 Å². The molecule has 0 atom stereocenters. The van der Waals surface area contributed by atoms with Crippen molar-refractivity contribution in [3.8, 4) is 39.8 Å². The van der Waals surface area contributed by atoms with Crippen molar-refractivity contribution in [2.24, 2.45) is 0 Å². The summed E-state index contributed by atoms with van der Waals surface area (Å²) >= 11 is 0. The number of rotatable bonds is 7. The maximum atomic E-state index is 11.0. The molecule has 4 rings (SSSR count). The second kappa shape index (κ2) is 9.14. The van der Waals surface area contributed by atoms with E-state index in [1.165, 1.54) is 0 Å². The summed E-state index contributed by atoms with van der Waals surface area (Å²) in [6, 6.07) is 22.3. The predicted octanol–water partition coefficient (Wildman–Crippen LogP) is 3.82. The Morgan fingerprint density at radius 1 is 0.806 bits per heavy atom. The van der Waals surface area contributed by atoms with Crippen molar-refractivity contribution in [3.05, 3.63) is 79.0 Å². The Kier molecular flexibility index (Phi) is 6.13. The van der Waals surface area contributed by atoms with Gasteiger partial charge < -0.3 is 14.5 Å². The minimum atomic E-state index is -4.09. The monoisotopic (exact) mass is 434 g/mol. The zero-order valence-corrected chi connectivity index (χ0v) is 17.3. The van der Waals surface area contributed by atoms with Gasteiger partial charge in [0, 0.05) is 17.3 Å². The van der Waals surface area contributed by atoms with Crippen LogP contribution in [0.1, 0.15) is 0 Å². The van der Waals surface area contributed by atoms with Crippen molar-refractivity contribution in [2.45, 2.75) is 0 Å². The fourth-order valence-electron chi connectivity index (χ4n) is 2.91. The highest BCUT2D eigenvalue weighted by molar-refractivity contribution is 7.51. The zero-order chi connectivity index (χ0) is 21.7. The van der Waals surface area contributed by atoms with Crippen LogP contribution in [0.5, 0.6) is 5.75 Å². The van der Waals surface area contributed by atoms with Crippen molar-refractivity contribution in [1.29, 1.82) is 0 Å². The van der Waals surface area contributed by atoms with Gasteiger partial charge in [-0.15, -0.1) is 10.2 Å². The lowest BCUT2D eigenvalue weighted by molar-refractivity contribution is 0.316. The molecule has 156 valence electrons. The van der Waals surface area contributed by atoms with Crippen LogP contribution in [0.15, 0.2) is 79.0 Å². The first kappa shape index (κ1) is 20.8. The highest BCUT2D eigenvalue weighted by Crippen LogP contribution is 2.34. The third kappa shape index (κ3) is 5.38. The van der Waals surface area contributed by atoms with E-state index in [4.69, 9.17) is 19.5 Å². The van der Waals surface area contributed by atoms with Gasteiger partial charge in [-0.25, -0.2) is 4.98 Å². The SMILES string of the molecule is O=P(O)(O)CCOc1ccc(-c2nc(-c3ccccn3)nnc2-c2ccccc2)cc1. The van der Waals surface area contributed by atoms with Gasteiger partial charge in [0.1, 0.15) is 22.8 Å². The third-order valence-corrected chi connectivity index (χ3v) is 5.17. The van der Waals surface area contributed by atoms with Crippen LogP contribution in [-0.2, 0) is 4.57 Å². The van der Waals surface area contributed by atoms with Gasteiger partial charge in [-0.3, -0.25) is 9.55 Å². The van der Waals surface area contributed by atoms with Gasteiger partial charge in [-0.1, -0.05) is 36.4 Å². The Labute approximate surface area is 178 Å². The van der Waals surface area contributed by atoms with Gasteiger partial charge in [0.15, 0.2) is 0 Å². The molecule has 0 unspecified atom stereocenters. The van der Waals surface area contributed by atoms with Gasteiger partial charge in [-0.2, -0.15) is 0 Å². The second-order valence-electron chi connectivity index (χ2n) is 6.67. The van der Waals surface area contributed by atoms with Crippen LogP contribution in [0.3, 0.4) is 0 Å². The Balaban J connectivity index is 1.69. The molecule has 0 radical (unpaired) electrons. The largest absolute Gasteiger partial charge is 0.493 e. The Morgan fingerprint density at radius 3 is 2.19 bits per heavy atom. The third-order valence-electron chi connectivity index (χ3n) is 4.41. The van der Waals surface area contributed by atoms with Crippen LogP contribution in [-0.4, -0.2) is 42.7 Å². The van der Waals surface area contributed by atoms with E-state index < -0.39 is 7.60 Å². The van der Waals surface area contributed by atoms with Crippen LogP contribution < -0.4 is 4.74 Å². The average molecular weight is 434 g/mol. The fourth-order valence-corrected chi connectivity index (χ4v) is 3.24. The van der Waals surface area contributed by atoms with E-state index in [2.05, 4.69) is 15.2 Å². The van der Waals surface area contributed by atoms with E-state index in [1.54, 1.807) is 18.3 Å². The number of pyridine rings is 1. The molecule has 0 aliphatic rings. The van der Waals surface area contributed by atoms with Crippen molar-refractivity contribution in [3.63, 3.8) is 0 Å². The molecular formula is C22H19N4O4P. The molecule has 0 bridgehead atoms. The molecule has 2 heterocycles. The first-order chi connectivity index (χ1) is 15.0. The molecule has 0 aliphatic carbocycles. The summed E-state index contributed by atoms with van der Waals surface area (Å²) in [5.41, 5.74) is 3.58. The van der Waals surface area contributed by atoms with E-state index in [0.717, 1.165) is 11.1 Å². The lowest BCUT2D eigenvalue weighted by atomic mass is 10.0. The lowest BCUT2D eigenvalue weighted by Crippen LogP contribution is -2.03. The van der Waals surface area contributed by atoms with E-state index in [0.29, 0.717) is 28.7 Å². The van der Waals surface area contributed by atoms with Crippen molar-refractivity contribution >= 4 is 7.60 Å². The number of hydrogen-bond acceptors (Lipinski definition) is 6. The summed E-state index contributed by atoms with van der Waals surface area (Å²) in [5.74, 6) is 0.919. The van der Waals surface area contributed by atoms with Crippen LogP contribution in [0.25, 0.3) is 34.0 Å². The number of nitrogens with zero attached hydrogens (tertiary/aromatic N) is 4. The highest BCUT2D eigenvalue weighted by Gasteiger charge is 2.16. The first-order valence-corrected chi connectivity index (χ1v) is 11.3.